The van der Waals surface area contributed by atoms with Crippen LogP contribution in [0.25, 0.3) is 0 Å². The van der Waals surface area contributed by atoms with Crippen molar-refractivity contribution in [3.63, 3.8) is 0 Å². The second kappa shape index (κ2) is 6.12. The maximum Gasteiger partial charge on any atom is 0.270 e. The number of hydrogen-bond donors (Lipinski definition) is 0. The molecule has 0 saturated heterocycles. The first kappa shape index (κ1) is 14.6. The Balaban J connectivity index is 2.55. The quantitative estimate of drug-likeness (QED) is 0.819. The Morgan fingerprint density at radius 1 is 1.05 bits per heavy atom. The summed E-state index contributed by atoms with van der Waals surface area (Å²) < 4.78 is 4.04. The molecule has 20 heavy (non-hydrogen) atoms. The van der Waals surface area contributed by atoms with E-state index in [2.05, 4.69) is 44.5 Å². The summed E-state index contributed by atoms with van der Waals surface area (Å²) in [6.45, 7) is 9.96. The Morgan fingerprint density at radius 2 is 1.70 bits per heavy atom. The third kappa shape index (κ3) is 2.58. The highest BCUT2D eigenvalue weighted by atomic mass is 16.1. The molecule has 0 fully saturated rings. The van der Waals surface area contributed by atoms with E-state index in [1.807, 2.05) is 22.9 Å². The Bertz CT molecular complexity index is 620. The molecule has 1 heterocycles. The van der Waals surface area contributed by atoms with Gasteiger partial charge < -0.3 is 0 Å². The highest BCUT2D eigenvalue weighted by molar-refractivity contribution is 5.23. The van der Waals surface area contributed by atoms with Crippen molar-refractivity contribution in [1.29, 1.82) is 0 Å². The van der Waals surface area contributed by atoms with Crippen molar-refractivity contribution in [3.05, 3.63) is 57.5 Å². The molecule has 2 aromatic rings. The summed E-state index contributed by atoms with van der Waals surface area (Å²) in [7, 11) is 0. The summed E-state index contributed by atoms with van der Waals surface area (Å²) in [4.78, 5) is 12.7. The summed E-state index contributed by atoms with van der Waals surface area (Å²) in [5.74, 6) is 0.370. The lowest BCUT2D eigenvalue weighted by Crippen LogP contribution is -2.24. The van der Waals surface area contributed by atoms with Gasteiger partial charge in [0.25, 0.3) is 5.56 Å². The number of rotatable bonds is 5. The molecule has 0 atom stereocenters. The molecule has 3 nitrogen and oxygen atoms in total. The molecule has 0 radical (unpaired) electrons. The van der Waals surface area contributed by atoms with E-state index in [4.69, 9.17) is 0 Å². The zero-order valence-corrected chi connectivity index (χ0v) is 12.9. The normalized spacial score (nSPS) is 11.2. The number of nitrogens with zero attached hydrogens (tertiary/aromatic N) is 2. The van der Waals surface area contributed by atoms with Crippen LogP contribution in [0.15, 0.2) is 35.1 Å². The second-order valence-corrected chi connectivity index (χ2v) is 5.44. The van der Waals surface area contributed by atoms with Gasteiger partial charge in [0.05, 0.1) is 6.54 Å². The molecule has 108 valence electrons. The topological polar surface area (TPSA) is 26.9 Å². The van der Waals surface area contributed by atoms with Crippen LogP contribution in [0, 0.1) is 0 Å². The van der Waals surface area contributed by atoms with E-state index in [1.165, 1.54) is 11.3 Å². The van der Waals surface area contributed by atoms with Gasteiger partial charge in [0, 0.05) is 17.8 Å². The van der Waals surface area contributed by atoms with Crippen LogP contribution in [0.2, 0.25) is 0 Å². The number of aromatic nitrogens is 2. The summed E-state index contributed by atoms with van der Waals surface area (Å²) in [5, 5.41) is 0. The van der Waals surface area contributed by atoms with Crippen LogP contribution >= 0.6 is 0 Å². The lowest BCUT2D eigenvalue weighted by Gasteiger charge is -2.15. The van der Waals surface area contributed by atoms with E-state index in [-0.39, 0.29) is 5.56 Å². The van der Waals surface area contributed by atoms with E-state index in [1.54, 1.807) is 0 Å². The van der Waals surface area contributed by atoms with Crippen LogP contribution in [0.5, 0.6) is 0 Å². The summed E-state index contributed by atoms with van der Waals surface area (Å²) in [6, 6.07) is 10.2. The van der Waals surface area contributed by atoms with Gasteiger partial charge in [0.2, 0.25) is 0 Å². The molecule has 1 aromatic heterocycles. The van der Waals surface area contributed by atoms with Crippen molar-refractivity contribution in [2.45, 2.75) is 53.1 Å². The SMILES string of the molecule is CCc1c(C(C)C)n(CC)n(Cc2ccccc2)c1=O. The fourth-order valence-electron chi connectivity index (χ4n) is 2.89. The van der Waals surface area contributed by atoms with Gasteiger partial charge in [-0.2, -0.15) is 0 Å². The van der Waals surface area contributed by atoms with Gasteiger partial charge >= 0.3 is 0 Å². The van der Waals surface area contributed by atoms with Crippen molar-refractivity contribution in [2.75, 3.05) is 0 Å². The predicted octanol–water partition coefficient (Wildman–Crippen LogP) is 3.40. The van der Waals surface area contributed by atoms with Gasteiger partial charge in [-0.3, -0.25) is 9.48 Å². The third-order valence-electron chi connectivity index (χ3n) is 3.75. The number of benzene rings is 1. The van der Waals surface area contributed by atoms with Gasteiger partial charge in [0.15, 0.2) is 0 Å². The van der Waals surface area contributed by atoms with Gasteiger partial charge in [-0.25, -0.2) is 4.68 Å². The van der Waals surface area contributed by atoms with E-state index in [9.17, 15) is 4.79 Å². The standard InChI is InChI=1S/C17H24N2O/c1-5-15-16(13(3)4)18(6-2)19(17(15)20)12-14-10-8-7-9-11-14/h7-11,13H,5-6,12H2,1-4H3. The molecule has 0 spiro atoms. The molecule has 0 aliphatic heterocycles. The van der Waals surface area contributed by atoms with E-state index < -0.39 is 0 Å². The first-order valence-electron chi connectivity index (χ1n) is 7.46. The Labute approximate surface area is 120 Å². The van der Waals surface area contributed by atoms with Crippen molar-refractivity contribution in [1.82, 2.24) is 9.36 Å². The van der Waals surface area contributed by atoms with Crippen molar-refractivity contribution < 1.29 is 0 Å². The second-order valence-electron chi connectivity index (χ2n) is 5.44. The first-order valence-corrected chi connectivity index (χ1v) is 7.46. The molecule has 0 unspecified atom stereocenters. The molecule has 0 aliphatic rings. The highest BCUT2D eigenvalue weighted by Gasteiger charge is 2.19. The average Bonchev–Trinajstić information content (AvgIpc) is 2.72. The molecule has 0 N–H and O–H groups in total. The van der Waals surface area contributed by atoms with Crippen LogP contribution < -0.4 is 5.56 Å². The molecule has 1 aromatic carbocycles. The molecule has 0 amide bonds. The maximum atomic E-state index is 12.7. The van der Waals surface area contributed by atoms with Crippen LogP contribution in [-0.2, 0) is 19.5 Å². The average molecular weight is 272 g/mol. The number of hydrogen-bond acceptors (Lipinski definition) is 1. The Kier molecular flexibility index (Phi) is 4.48. The monoisotopic (exact) mass is 272 g/mol. The molecular weight excluding hydrogens is 248 g/mol. The minimum absolute atomic E-state index is 0.168. The van der Waals surface area contributed by atoms with Crippen LogP contribution in [0.1, 0.15) is 50.4 Å². The minimum atomic E-state index is 0.168. The van der Waals surface area contributed by atoms with Gasteiger partial charge in [-0.15, -0.1) is 0 Å². The Morgan fingerprint density at radius 3 is 2.20 bits per heavy atom. The van der Waals surface area contributed by atoms with E-state index in [0.717, 1.165) is 18.5 Å². The first-order chi connectivity index (χ1) is 9.60. The molecular formula is C17H24N2O. The van der Waals surface area contributed by atoms with Crippen LogP contribution in [0.4, 0.5) is 0 Å². The minimum Gasteiger partial charge on any atom is -0.286 e. The summed E-state index contributed by atoms with van der Waals surface area (Å²) in [5.41, 5.74) is 3.50. The predicted molar refractivity (Wildman–Crippen MR) is 83.4 cm³/mol. The Hall–Kier alpha value is -1.77. The summed E-state index contributed by atoms with van der Waals surface area (Å²) >= 11 is 0. The molecule has 3 heteroatoms. The van der Waals surface area contributed by atoms with E-state index in [0.29, 0.717) is 12.5 Å². The molecule has 0 saturated carbocycles. The molecule has 2 rings (SSSR count). The fourth-order valence-corrected chi connectivity index (χ4v) is 2.89. The van der Waals surface area contributed by atoms with Crippen LogP contribution in [0.3, 0.4) is 0 Å². The maximum absolute atomic E-state index is 12.7. The van der Waals surface area contributed by atoms with Crippen molar-refractivity contribution >= 4 is 0 Å². The lowest BCUT2D eigenvalue weighted by atomic mass is 10.0. The van der Waals surface area contributed by atoms with Gasteiger partial charge in [-0.05, 0) is 24.8 Å². The van der Waals surface area contributed by atoms with Gasteiger partial charge in [-0.1, -0.05) is 51.1 Å². The largest absolute Gasteiger partial charge is 0.286 e. The zero-order valence-electron chi connectivity index (χ0n) is 12.9. The molecule has 0 aliphatic carbocycles. The molecule has 0 bridgehead atoms. The lowest BCUT2D eigenvalue weighted by molar-refractivity contribution is 0.464. The van der Waals surface area contributed by atoms with Crippen LogP contribution in [-0.4, -0.2) is 9.36 Å². The third-order valence-corrected chi connectivity index (χ3v) is 3.75. The van der Waals surface area contributed by atoms with Crippen molar-refractivity contribution in [2.24, 2.45) is 0 Å². The van der Waals surface area contributed by atoms with Gasteiger partial charge in [0.1, 0.15) is 0 Å². The zero-order chi connectivity index (χ0) is 14.7. The summed E-state index contributed by atoms with van der Waals surface area (Å²) in [6.07, 6.45) is 0.800. The van der Waals surface area contributed by atoms with E-state index >= 15 is 0 Å². The van der Waals surface area contributed by atoms with Crippen molar-refractivity contribution in [3.8, 4) is 0 Å². The highest BCUT2D eigenvalue weighted by Crippen LogP contribution is 2.19. The fraction of sp³-hybridized carbons (Fsp3) is 0.471. The smallest absolute Gasteiger partial charge is 0.270 e.